The lowest BCUT2D eigenvalue weighted by Gasteiger charge is -2.33. The molecule has 0 bridgehead atoms. The van der Waals surface area contributed by atoms with Gasteiger partial charge in [0.15, 0.2) is 16.8 Å². The van der Waals surface area contributed by atoms with Crippen LogP contribution >= 0.6 is 47.9 Å². The van der Waals surface area contributed by atoms with Gasteiger partial charge in [0.25, 0.3) is 0 Å². The number of ether oxygens (including phenoxy) is 1. The van der Waals surface area contributed by atoms with Crippen molar-refractivity contribution in [1.29, 1.82) is 0 Å². The van der Waals surface area contributed by atoms with Crippen LogP contribution in [0, 0.1) is 15.2 Å². The minimum Gasteiger partial charge on any atom is -0.387 e. The number of halogens is 4. The highest BCUT2D eigenvalue weighted by Gasteiger charge is 2.71. The molecule has 0 aromatic carbocycles. The number of nitrogens with one attached hydrogen (secondary N) is 1. The molecule has 1 saturated heterocycles. The van der Waals surface area contributed by atoms with Gasteiger partial charge in [0.05, 0.1) is 6.61 Å². The normalized spacial score (nSPS) is 29.5. The van der Waals surface area contributed by atoms with Crippen molar-refractivity contribution in [2.45, 2.75) is 30.2 Å². The first kappa shape index (κ1) is 29.8. The van der Waals surface area contributed by atoms with Gasteiger partial charge >= 0.3 is 29.6 Å². The maximum Gasteiger partial charge on any atom is 0.490 e. The summed E-state index contributed by atoms with van der Waals surface area (Å²) in [4.78, 5) is 37.4. The molecule has 0 radical (unpaired) electrons. The number of phosphoric ester groups is 1. The Balaban J connectivity index is 2.33. The number of aliphatic hydroxyl groups excluding tert-OH is 1. The van der Waals surface area contributed by atoms with Gasteiger partial charge in [0.1, 0.15) is 16.8 Å². The summed E-state index contributed by atoms with van der Waals surface area (Å²) in [6, 6.07) is 0. The molecule has 1 aromatic heterocycles. The highest BCUT2D eigenvalue weighted by atomic mass is 32.1. The maximum absolute atomic E-state index is 13.8. The van der Waals surface area contributed by atoms with Crippen molar-refractivity contribution >= 4 is 47.9 Å². The van der Waals surface area contributed by atoms with Gasteiger partial charge < -0.3 is 39.5 Å². The third-order valence-corrected chi connectivity index (χ3v) is 8.34. The second-order valence-electron chi connectivity index (χ2n) is 6.33. The van der Waals surface area contributed by atoms with Crippen molar-refractivity contribution in [3.8, 4) is 0 Å². The highest BCUT2D eigenvalue weighted by Crippen LogP contribution is 2.66. The Morgan fingerprint density at radius 2 is 1.71 bits per heavy atom. The Labute approximate surface area is 195 Å². The summed E-state index contributed by atoms with van der Waals surface area (Å²) in [5.74, 6) is -1.30. The monoisotopic (exact) mass is 602 g/mol. The molecule has 7 N–H and O–H groups in total. The Morgan fingerprint density at radius 1 is 1.15 bits per heavy atom. The number of hydrogen-bond acceptors (Lipinski definition) is 11. The molecule has 2 heterocycles. The summed E-state index contributed by atoms with van der Waals surface area (Å²) < 4.78 is 103. The van der Waals surface area contributed by atoms with E-state index in [1.165, 1.54) is 0 Å². The van der Waals surface area contributed by atoms with E-state index in [9.17, 15) is 46.4 Å². The third-order valence-electron chi connectivity index (χ3n) is 3.93. The number of H-pyrrole nitrogens is 1. The average molecular weight is 602 g/mol. The molecule has 0 aliphatic carbocycles. The lowest BCUT2D eigenvalue weighted by atomic mass is 9.93. The van der Waals surface area contributed by atoms with Crippen LogP contribution in [0.3, 0.4) is 0 Å². The number of rotatable bonds is 8. The summed E-state index contributed by atoms with van der Waals surface area (Å²) in [5.41, 5.74) is -4.21. The van der Waals surface area contributed by atoms with Crippen molar-refractivity contribution in [2.75, 3.05) is 6.61 Å². The number of aliphatic hydroxyl groups is 2. The van der Waals surface area contributed by atoms with Crippen molar-refractivity contribution in [1.82, 2.24) is 9.55 Å². The molecule has 1 aromatic rings. The van der Waals surface area contributed by atoms with E-state index in [4.69, 9.17) is 31.6 Å². The van der Waals surface area contributed by atoms with Crippen LogP contribution in [0.4, 0.5) is 17.6 Å². The molecule has 0 saturated carbocycles. The first-order valence-corrected chi connectivity index (χ1v) is 13.4. The largest absolute Gasteiger partial charge is 0.490 e. The quantitative estimate of drug-likeness (QED) is 0.126. The molecular formula is C10H13F4N2O13P3S2. The zero-order chi connectivity index (χ0) is 26.5. The van der Waals surface area contributed by atoms with E-state index in [2.05, 4.69) is 25.4 Å². The number of hydrogen-bond donors (Lipinski definition) is 7. The third kappa shape index (κ3) is 6.64. The number of alkyl halides is 3. The standard InChI is InChI=1S/C10H13F4N2O13P3S2/c11-3-1-16(8(34)15-6(3)33)7-9(18,10(12,13)14)5(17)4(27-7)2-26-31(22,23)29-32(24,25)28-30(19,20)21/h1,4-5,7,17-18H,2H2,(H,22,23)(H,24,25)(H,15,33,34)(H2,19,20,21)/t4-,5?,7-,9-/m1/s1. The van der Waals surface area contributed by atoms with Crippen molar-refractivity contribution < 1.29 is 78.9 Å². The lowest BCUT2D eigenvalue weighted by molar-refractivity contribution is -0.304. The number of nitrogens with zero attached hydrogens (tertiary/aromatic N) is 1. The SMILES string of the molecule is O=P(O)(O)OP(=O)(O)OP(=O)(O)OC[C@H]1O[C@@H](n2cc(F)c(=S)[nH]c2=S)[C@@](O)(C(F)(F)F)C1O. The van der Waals surface area contributed by atoms with Gasteiger partial charge in [-0.15, -0.1) is 0 Å². The maximum atomic E-state index is 13.8. The first-order chi connectivity index (χ1) is 15.1. The minimum absolute atomic E-state index is 0.210. The molecule has 24 heteroatoms. The molecule has 3 unspecified atom stereocenters. The molecule has 34 heavy (non-hydrogen) atoms. The van der Waals surface area contributed by atoms with E-state index in [0.717, 1.165) is 0 Å². The Morgan fingerprint density at radius 3 is 2.21 bits per heavy atom. The van der Waals surface area contributed by atoms with Gasteiger partial charge in [-0.3, -0.25) is 9.09 Å². The second kappa shape index (κ2) is 9.77. The topological polar surface area (TPSA) is 230 Å². The fourth-order valence-electron chi connectivity index (χ4n) is 2.59. The van der Waals surface area contributed by atoms with Gasteiger partial charge in [-0.2, -0.15) is 21.8 Å². The van der Waals surface area contributed by atoms with E-state index in [1.807, 2.05) is 4.98 Å². The van der Waals surface area contributed by atoms with Gasteiger partial charge in [-0.05, 0) is 12.2 Å². The van der Waals surface area contributed by atoms with Gasteiger partial charge in [-0.1, -0.05) is 12.2 Å². The zero-order valence-corrected chi connectivity index (χ0v) is 20.0. The van der Waals surface area contributed by atoms with Gasteiger partial charge in [0, 0.05) is 6.20 Å². The Hall–Kier alpha value is -0.470. The van der Waals surface area contributed by atoms with Crippen molar-refractivity contribution in [3.63, 3.8) is 0 Å². The van der Waals surface area contributed by atoms with Gasteiger partial charge in [0.2, 0.25) is 5.60 Å². The van der Waals surface area contributed by atoms with E-state index in [0.29, 0.717) is 6.20 Å². The lowest BCUT2D eigenvalue weighted by Crippen LogP contribution is -2.57. The summed E-state index contributed by atoms with van der Waals surface area (Å²) in [6.07, 6.45) is -13.4. The van der Waals surface area contributed by atoms with Crippen LogP contribution in [-0.4, -0.2) is 69.9 Å². The molecule has 1 aliphatic rings. The summed E-state index contributed by atoms with van der Waals surface area (Å²) >= 11 is 9.26. The molecule has 0 spiro atoms. The van der Waals surface area contributed by atoms with Crippen LogP contribution in [0.2, 0.25) is 0 Å². The predicted molar refractivity (Wildman–Crippen MR) is 101 cm³/mol. The molecule has 196 valence electrons. The Bertz CT molecular complexity index is 1200. The van der Waals surface area contributed by atoms with Crippen LogP contribution in [0.1, 0.15) is 6.23 Å². The van der Waals surface area contributed by atoms with Crippen molar-refractivity contribution in [3.05, 3.63) is 21.4 Å². The summed E-state index contributed by atoms with van der Waals surface area (Å²) in [7, 11) is -17.5. The van der Waals surface area contributed by atoms with Crippen LogP contribution in [0.25, 0.3) is 0 Å². The van der Waals surface area contributed by atoms with E-state index >= 15 is 0 Å². The number of aromatic nitrogens is 2. The van der Waals surface area contributed by atoms with Crippen LogP contribution in [-0.2, 0) is 31.6 Å². The number of aromatic amines is 1. The predicted octanol–water partition coefficient (Wildman–Crippen LogP) is 1.31. The molecule has 2 rings (SSSR count). The fourth-order valence-corrected chi connectivity index (χ4v) is 6.09. The highest BCUT2D eigenvalue weighted by molar-refractivity contribution is 7.72. The smallest absolute Gasteiger partial charge is 0.387 e. The molecule has 1 fully saturated rings. The van der Waals surface area contributed by atoms with Crippen LogP contribution < -0.4 is 0 Å². The Kier molecular flexibility index (Phi) is 8.55. The fraction of sp³-hybridized carbons (Fsp3) is 0.600. The number of phosphoric acid groups is 3. The first-order valence-electron chi connectivity index (χ1n) is 8.01. The van der Waals surface area contributed by atoms with E-state index in [-0.39, 0.29) is 4.57 Å². The van der Waals surface area contributed by atoms with E-state index in [1.54, 1.807) is 0 Å². The summed E-state index contributed by atoms with van der Waals surface area (Å²) in [5, 5.41) is 20.4. The van der Waals surface area contributed by atoms with Crippen LogP contribution in [0.15, 0.2) is 6.20 Å². The second-order valence-corrected chi connectivity index (χ2v) is 11.5. The van der Waals surface area contributed by atoms with Gasteiger partial charge in [-0.25, -0.2) is 18.1 Å². The summed E-state index contributed by atoms with van der Waals surface area (Å²) in [6.45, 7) is -1.56. The molecule has 6 atom stereocenters. The molecule has 1 aliphatic heterocycles. The van der Waals surface area contributed by atoms with Crippen molar-refractivity contribution in [2.24, 2.45) is 0 Å². The van der Waals surface area contributed by atoms with E-state index < -0.39 is 75.5 Å². The molecular weight excluding hydrogens is 589 g/mol. The zero-order valence-electron chi connectivity index (χ0n) is 15.7. The molecule has 15 nitrogen and oxygen atoms in total. The molecule has 0 amide bonds. The van der Waals surface area contributed by atoms with Crippen LogP contribution in [0.5, 0.6) is 0 Å². The average Bonchev–Trinajstić information content (AvgIpc) is 2.85. The minimum atomic E-state index is -5.95.